The van der Waals surface area contributed by atoms with E-state index in [-0.39, 0.29) is 6.54 Å². The minimum atomic E-state index is -0.507. The van der Waals surface area contributed by atoms with Crippen molar-refractivity contribution in [3.63, 3.8) is 0 Å². The summed E-state index contributed by atoms with van der Waals surface area (Å²) < 4.78 is 12.3. The van der Waals surface area contributed by atoms with Gasteiger partial charge in [0.15, 0.2) is 0 Å². The number of rotatable bonds is 3. The van der Waals surface area contributed by atoms with Crippen LogP contribution in [0.25, 0.3) is 16.5 Å². The molecule has 1 aromatic rings. The fourth-order valence-corrected chi connectivity index (χ4v) is 0.758. The highest BCUT2D eigenvalue weighted by atomic mass is 19.1. The third-order valence-corrected chi connectivity index (χ3v) is 1.31. The van der Waals surface area contributed by atoms with Gasteiger partial charge in [-0.15, -0.1) is 0 Å². The Morgan fingerprint density at radius 2 is 2.46 bits per heavy atom. The van der Waals surface area contributed by atoms with Crippen molar-refractivity contribution >= 4 is 6.08 Å². The molecule has 0 N–H and O–H groups in total. The lowest BCUT2D eigenvalue weighted by Gasteiger charge is -1.90. The maximum atomic E-state index is 12.3. The fraction of sp³-hybridized carbons (Fsp3) is 0.125. The van der Waals surface area contributed by atoms with E-state index in [1.54, 1.807) is 18.2 Å². The van der Waals surface area contributed by atoms with Crippen LogP contribution in [0.1, 0.15) is 5.56 Å². The van der Waals surface area contributed by atoms with Crippen LogP contribution in [-0.4, -0.2) is 11.5 Å². The van der Waals surface area contributed by atoms with Gasteiger partial charge in [-0.1, -0.05) is 17.3 Å². The molecule has 0 aromatic carbocycles. The highest BCUT2D eigenvalue weighted by Gasteiger charge is 1.88. The lowest BCUT2D eigenvalue weighted by Crippen LogP contribution is -1.81. The van der Waals surface area contributed by atoms with E-state index in [1.165, 1.54) is 12.3 Å². The maximum absolute atomic E-state index is 12.3. The lowest BCUT2D eigenvalue weighted by molar-refractivity contribution is 0.583. The van der Waals surface area contributed by atoms with Crippen molar-refractivity contribution in [2.24, 2.45) is 5.11 Å². The molecule has 4 nitrogen and oxygen atoms in total. The molecule has 0 saturated carbocycles. The molecule has 0 unspecified atom stereocenters. The minimum Gasteiger partial charge on any atom is -0.228 e. The van der Waals surface area contributed by atoms with E-state index >= 15 is 0 Å². The fourth-order valence-electron chi connectivity index (χ4n) is 0.758. The van der Waals surface area contributed by atoms with E-state index in [4.69, 9.17) is 5.53 Å². The van der Waals surface area contributed by atoms with Gasteiger partial charge in [0.1, 0.15) is 0 Å². The van der Waals surface area contributed by atoms with E-state index in [9.17, 15) is 4.39 Å². The second-order valence-corrected chi connectivity index (χ2v) is 2.23. The Morgan fingerprint density at radius 3 is 3.08 bits per heavy atom. The molecule has 0 spiro atoms. The van der Waals surface area contributed by atoms with Gasteiger partial charge >= 0.3 is 0 Å². The SMILES string of the molecule is [N-]=[N+]=NCC=Cc1ccc(F)nc1. The molecule has 0 radical (unpaired) electrons. The summed E-state index contributed by atoms with van der Waals surface area (Å²) in [5.74, 6) is -0.507. The first kappa shape index (κ1) is 9.22. The first-order chi connectivity index (χ1) is 6.33. The number of aromatic nitrogens is 1. The second kappa shape index (κ2) is 4.90. The molecule has 0 atom stereocenters. The van der Waals surface area contributed by atoms with Gasteiger partial charge in [-0.05, 0) is 23.2 Å². The van der Waals surface area contributed by atoms with Crippen LogP contribution >= 0.6 is 0 Å². The Kier molecular flexibility index (Phi) is 3.47. The summed E-state index contributed by atoms with van der Waals surface area (Å²) in [6.45, 7) is 0.286. The van der Waals surface area contributed by atoms with Gasteiger partial charge in [0.2, 0.25) is 5.95 Å². The Bertz CT molecular complexity index is 338. The van der Waals surface area contributed by atoms with Gasteiger partial charge in [-0.3, -0.25) is 0 Å². The van der Waals surface area contributed by atoms with Crippen LogP contribution in [0.3, 0.4) is 0 Å². The van der Waals surface area contributed by atoms with Crippen molar-refractivity contribution in [3.8, 4) is 0 Å². The van der Waals surface area contributed by atoms with Crippen LogP contribution in [0.2, 0.25) is 0 Å². The Labute approximate surface area is 74.4 Å². The van der Waals surface area contributed by atoms with Gasteiger partial charge in [0.25, 0.3) is 0 Å². The number of hydrogen-bond donors (Lipinski definition) is 0. The molecule has 0 saturated heterocycles. The zero-order valence-corrected chi connectivity index (χ0v) is 6.76. The Balaban J connectivity index is 2.58. The summed E-state index contributed by atoms with van der Waals surface area (Å²) in [6.07, 6.45) is 4.79. The molecule has 0 bridgehead atoms. The average molecular weight is 178 g/mol. The molecule has 0 aliphatic heterocycles. The Hall–Kier alpha value is -1.87. The quantitative estimate of drug-likeness (QED) is 0.303. The summed E-state index contributed by atoms with van der Waals surface area (Å²) in [5.41, 5.74) is 8.74. The van der Waals surface area contributed by atoms with Crippen LogP contribution < -0.4 is 0 Å². The third-order valence-electron chi connectivity index (χ3n) is 1.31. The van der Waals surface area contributed by atoms with Crippen molar-refractivity contribution in [2.75, 3.05) is 6.54 Å². The van der Waals surface area contributed by atoms with E-state index in [1.807, 2.05) is 0 Å². The first-order valence-corrected chi connectivity index (χ1v) is 3.62. The van der Waals surface area contributed by atoms with Crippen molar-refractivity contribution < 1.29 is 4.39 Å². The average Bonchev–Trinajstić information content (AvgIpc) is 2.15. The summed E-state index contributed by atoms with van der Waals surface area (Å²) in [7, 11) is 0. The van der Waals surface area contributed by atoms with Gasteiger partial charge in [0.05, 0.1) is 0 Å². The third kappa shape index (κ3) is 3.35. The normalized spacial score (nSPS) is 9.92. The van der Waals surface area contributed by atoms with E-state index in [2.05, 4.69) is 15.0 Å². The van der Waals surface area contributed by atoms with Gasteiger partial charge in [-0.2, -0.15) is 4.39 Å². The molecule has 0 aliphatic carbocycles. The molecule has 1 heterocycles. The zero-order valence-electron chi connectivity index (χ0n) is 6.76. The second-order valence-electron chi connectivity index (χ2n) is 2.23. The molecular formula is C8H7FN4. The molecular weight excluding hydrogens is 171 g/mol. The van der Waals surface area contributed by atoms with Gasteiger partial charge in [-0.25, -0.2) is 4.98 Å². The van der Waals surface area contributed by atoms with E-state index in [0.717, 1.165) is 5.56 Å². The number of halogens is 1. The molecule has 5 heteroatoms. The number of nitrogens with zero attached hydrogens (tertiary/aromatic N) is 4. The van der Waals surface area contributed by atoms with Gasteiger partial charge in [0, 0.05) is 17.7 Å². The lowest BCUT2D eigenvalue weighted by atomic mass is 10.2. The topological polar surface area (TPSA) is 61.7 Å². The summed E-state index contributed by atoms with van der Waals surface area (Å²) in [5, 5.41) is 3.30. The minimum absolute atomic E-state index is 0.286. The van der Waals surface area contributed by atoms with Crippen LogP contribution in [0.15, 0.2) is 29.5 Å². The summed E-state index contributed by atoms with van der Waals surface area (Å²) in [6, 6.07) is 2.86. The summed E-state index contributed by atoms with van der Waals surface area (Å²) >= 11 is 0. The van der Waals surface area contributed by atoms with E-state index < -0.39 is 5.95 Å². The van der Waals surface area contributed by atoms with Crippen LogP contribution in [0.4, 0.5) is 4.39 Å². The standard InChI is InChI=1S/C8H7FN4/c9-8-4-3-7(6-11-8)2-1-5-12-13-10/h1-4,6H,5H2. The first-order valence-electron chi connectivity index (χ1n) is 3.62. The van der Waals surface area contributed by atoms with Crippen molar-refractivity contribution in [2.45, 2.75) is 0 Å². The van der Waals surface area contributed by atoms with E-state index in [0.29, 0.717) is 0 Å². The van der Waals surface area contributed by atoms with Crippen LogP contribution in [0.5, 0.6) is 0 Å². The number of hydrogen-bond acceptors (Lipinski definition) is 2. The highest BCUT2D eigenvalue weighted by Crippen LogP contribution is 2.00. The molecule has 0 aliphatic rings. The van der Waals surface area contributed by atoms with Crippen LogP contribution in [0, 0.1) is 5.95 Å². The predicted molar refractivity (Wildman–Crippen MR) is 47.2 cm³/mol. The molecule has 0 amide bonds. The highest BCUT2D eigenvalue weighted by molar-refractivity contribution is 5.47. The van der Waals surface area contributed by atoms with Crippen molar-refractivity contribution in [1.82, 2.24) is 4.98 Å². The zero-order chi connectivity index (χ0) is 9.52. The monoisotopic (exact) mass is 178 g/mol. The molecule has 1 aromatic heterocycles. The van der Waals surface area contributed by atoms with Crippen molar-refractivity contribution in [3.05, 3.63) is 46.4 Å². The molecule has 13 heavy (non-hydrogen) atoms. The Morgan fingerprint density at radius 1 is 1.62 bits per heavy atom. The van der Waals surface area contributed by atoms with Crippen LogP contribution in [-0.2, 0) is 0 Å². The summed E-state index contributed by atoms with van der Waals surface area (Å²) in [4.78, 5) is 6.04. The maximum Gasteiger partial charge on any atom is 0.212 e. The molecule has 1 rings (SSSR count). The molecule has 0 fully saturated rings. The van der Waals surface area contributed by atoms with Crippen molar-refractivity contribution in [1.29, 1.82) is 0 Å². The predicted octanol–water partition coefficient (Wildman–Crippen LogP) is 2.54. The number of pyridine rings is 1. The van der Waals surface area contributed by atoms with Gasteiger partial charge < -0.3 is 0 Å². The number of azide groups is 1. The smallest absolute Gasteiger partial charge is 0.212 e. The largest absolute Gasteiger partial charge is 0.228 e. The molecule has 66 valence electrons.